The van der Waals surface area contributed by atoms with Crippen LogP contribution in [0.25, 0.3) is 0 Å². The maximum absolute atomic E-state index is 13.2. The van der Waals surface area contributed by atoms with E-state index in [1.807, 2.05) is 18.2 Å². The Morgan fingerprint density at radius 3 is 2.29 bits per heavy atom. The van der Waals surface area contributed by atoms with Crippen molar-refractivity contribution >= 4 is 22.0 Å². The van der Waals surface area contributed by atoms with Gasteiger partial charge in [-0.25, -0.2) is 17.5 Å². The lowest BCUT2D eigenvalue weighted by Crippen LogP contribution is -2.54. The van der Waals surface area contributed by atoms with E-state index in [0.717, 1.165) is 19.6 Å². The molecule has 0 aromatic heterocycles. The van der Waals surface area contributed by atoms with Gasteiger partial charge in [-0.2, -0.15) is 0 Å². The van der Waals surface area contributed by atoms with E-state index in [0.29, 0.717) is 45.3 Å². The van der Waals surface area contributed by atoms with Crippen LogP contribution in [-0.4, -0.2) is 78.5 Å². The minimum absolute atomic E-state index is 0.106. The number of hydrogen-bond acceptors (Lipinski definition) is 5. The topological polar surface area (TPSA) is 90.0 Å². The third-order valence-electron chi connectivity index (χ3n) is 6.98. The largest absolute Gasteiger partial charge is 0.325 e. The summed E-state index contributed by atoms with van der Waals surface area (Å²) in [6.07, 6.45) is 2.59. The normalized spacial score (nSPS) is 23.5. The number of carbonyl (C=O) groups is 2. The van der Waals surface area contributed by atoms with Gasteiger partial charge in [0, 0.05) is 39.3 Å². The molecule has 1 spiro atoms. The molecule has 3 saturated heterocycles. The first-order valence-electron chi connectivity index (χ1n) is 11.2. The van der Waals surface area contributed by atoms with Gasteiger partial charge in [-0.1, -0.05) is 30.3 Å². The molecular weight excluding hydrogens is 416 g/mol. The maximum Gasteiger partial charge on any atom is 0.325 e. The predicted octanol–water partition coefficient (Wildman–Crippen LogP) is 1.63. The molecule has 8 nitrogen and oxygen atoms in total. The second-order valence-corrected chi connectivity index (χ2v) is 11.2. The van der Waals surface area contributed by atoms with E-state index in [-0.39, 0.29) is 23.6 Å². The number of carbonyl (C=O) groups excluding carboxylic acids is 2. The lowest BCUT2D eigenvalue weighted by molar-refractivity contribution is -0.133. The summed E-state index contributed by atoms with van der Waals surface area (Å²) in [6.45, 7) is 5.33. The summed E-state index contributed by atoms with van der Waals surface area (Å²) >= 11 is 0. The Labute approximate surface area is 184 Å². The first-order valence-corrected chi connectivity index (χ1v) is 12.8. The van der Waals surface area contributed by atoms with Crippen molar-refractivity contribution in [3.8, 4) is 0 Å². The zero-order valence-corrected chi connectivity index (χ0v) is 18.9. The van der Waals surface area contributed by atoms with Crippen LogP contribution < -0.4 is 5.32 Å². The van der Waals surface area contributed by atoms with Gasteiger partial charge >= 0.3 is 6.03 Å². The van der Waals surface area contributed by atoms with Gasteiger partial charge in [0.15, 0.2) is 0 Å². The molecule has 0 saturated carbocycles. The van der Waals surface area contributed by atoms with Crippen molar-refractivity contribution in [1.29, 1.82) is 0 Å². The number of amides is 3. The van der Waals surface area contributed by atoms with E-state index in [2.05, 4.69) is 22.3 Å². The fourth-order valence-electron chi connectivity index (χ4n) is 4.93. The van der Waals surface area contributed by atoms with Crippen LogP contribution in [0.5, 0.6) is 0 Å². The van der Waals surface area contributed by atoms with Crippen molar-refractivity contribution < 1.29 is 18.0 Å². The molecule has 0 bridgehead atoms. The predicted molar refractivity (Wildman–Crippen MR) is 118 cm³/mol. The first kappa shape index (κ1) is 22.2. The summed E-state index contributed by atoms with van der Waals surface area (Å²) in [5.41, 5.74) is 0.467. The van der Waals surface area contributed by atoms with Gasteiger partial charge in [0.25, 0.3) is 5.91 Å². The summed E-state index contributed by atoms with van der Waals surface area (Å²) < 4.78 is 25.6. The molecule has 0 atom stereocenters. The average molecular weight is 449 g/mol. The fraction of sp³-hybridized carbons (Fsp3) is 0.636. The molecule has 170 valence electrons. The van der Waals surface area contributed by atoms with Crippen molar-refractivity contribution in [1.82, 2.24) is 19.4 Å². The lowest BCUT2D eigenvalue weighted by Gasteiger charge is -2.37. The summed E-state index contributed by atoms with van der Waals surface area (Å²) in [7, 11) is -3.17. The molecule has 3 aliphatic heterocycles. The number of rotatable bonds is 6. The number of imide groups is 1. The number of nitrogens with zero attached hydrogens (tertiary/aromatic N) is 3. The highest BCUT2D eigenvalue weighted by Crippen LogP contribution is 2.32. The molecule has 1 N–H and O–H groups in total. The highest BCUT2D eigenvalue weighted by Gasteiger charge is 2.52. The standard InChI is InChI=1S/C22H32N4O4S/c1-2-31(29,30)25-12-8-19(9-13-25)17-26-20(27)22(23-21(26)28)10-14-24(15-11-22)16-18-6-4-3-5-7-18/h3-7,19H,2,8-17H2,1H3,(H,23,28). The number of piperidine rings is 2. The van der Waals surface area contributed by atoms with Gasteiger partial charge in [-0.15, -0.1) is 0 Å². The SMILES string of the molecule is CCS(=O)(=O)N1CCC(CN2C(=O)NC3(CCN(Cc4ccccc4)CC3)C2=O)CC1. The molecule has 3 amide bonds. The molecular formula is C22H32N4O4S. The van der Waals surface area contributed by atoms with Crippen molar-refractivity contribution in [2.45, 2.75) is 44.7 Å². The Kier molecular flexibility index (Phi) is 6.37. The monoisotopic (exact) mass is 448 g/mol. The molecule has 9 heteroatoms. The molecule has 0 unspecified atom stereocenters. The van der Waals surface area contributed by atoms with E-state index < -0.39 is 15.6 Å². The van der Waals surface area contributed by atoms with Gasteiger partial charge < -0.3 is 5.32 Å². The number of urea groups is 1. The van der Waals surface area contributed by atoms with Crippen LogP contribution in [0.4, 0.5) is 4.79 Å². The second-order valence-electron chi connectivity index (χ2n) is 8.93. The van der Waals surface area contributed by atoms with Crippen molar-refractivity contribution in [3.63, 3.8) is 0 Å². The summed E-state index contributed by atoms with van der Waals surface area (Å²) in [5.74, 6) is 0.140. The lowest BCUT2D eigenvalue weighted by atomic mass is 9.87. The Balaban J connectivity index is 1.31. The number of benzene rings is 1. The van der Waals surface area contributed by atoms with Gasteiger partial charge in [0.2, 0.25) is 10.0 Å². The number of nitrogens with one attached hydrogen (secondary N) is 1. The zero-order chi connectivity index (χ0) is 22.1. The average Bonchev–Trinajstić information content (AvgIpc) is 3.00. The van der Waals surface area contributed by atoms with Crippen LogP contribution in [0.15, 0.2) is 30.3 Å². The van der Waals surface area contributed by atoms with Crippen LogP contribution in [0.3, 0.4) is 0 Å². The number of hydrogen-bond donors (Lipinski definition) is 1. The van der Waals surface area contributed by atoms with Crippen LogP contribution >= 0.6 is 0 Å². The molecule has 0 radical (unpaired) electrons. The van der Waals surface area contributed by atoms with Crippen molar-refractivity contribution in [2.75, 3.05) is 38.5 Å². The molecule has 0 aliphatic carbocycles. The molecule has 4 rings (SSSR count). The third kappa shape index (κ3) is 4.63. The smallest absolute Gasteiger partial charge is 0.323 e. The maximum atomic E-state index is 13.2. The molecule has 31 heavy (non-hydrogen) atoms. The van der Waals surface area contributed by atoms with E-state index in [1.54, 1.807) is 6.92 Å². The van der Waals surface area contributed by atoms with Gasteiger partial charge in [-0.3, -0.25) is 14.6 Å². The molecule has 1 aromatic carbocycles. The van der Waals surface area contributed by atoms with Gasteiger partial charge in [0.05, 0.1) is 5.75 Å². The Hall–Kier alpha value is -1.97. The second kappa shape index (κ2) is 8.88. The Bertz CT molecular complexity index is 905. The van der Waals surface area contributed by atoms with Gasteiger partial charge in [-0.05, 0) is 44.1 Å². The van der Waals surface area contributed by atoms with E-state index in [9.17, 15) is 18.0 Å². The molecule has 3 aliphatic rings. The Morgan fingerprint density at radius 2 is 1.68 bits per heavy atom. The minimum Gasteiger partial charge on any atom is -0.323 e. The van der Waals surface area contributed by atoms with Crippen LogP contribution in [0.1, 0.15) is 38.2 Å². The third-order valence-corrected chi connectivity index (χ3v) is 8.86. The summed E-state index contributed by atoms with van der Waals surface area (Å²) in [5, 5.41) is 2.99. The molecule has 3 heterocycles. The van der Waals surface area contributed by atoms with E-state index in [1.165, 1.54) is 14.8 Å². The van der Waals surface area contributed by atoms with Crippen molar-refractivity contribution in [2.24, 2.45) is 5.92 Å². The fourth-order valence-corrected chi connectivity index (χ4v) is 6.06. The highest BCUT2D eigenvalue weighted by molar-refractivity contribution is 7.89. The Morgan fingerprint density at radius 1 is 1.03 bits per heavy atom. The highest BCUT2D eigenvalue weighted by atomic mass is 32.2. The van der Waals surface area contributed by atoms with Crippen LogP contribution in [0.2, 0.25) is 0 Å². The van der Waals surface area contributed by atoms with Crippen LogP contribution in [-0.2, 0) is 21.4 Å². The molecule has 1 aromatic rings. The minimum atomic E-state index is -3.17. The molecule has 3 fully saturated rings. The summed E-state index contributed by atoms with van der Waals surface area (Å²) in [4.78, 5) is 29.6. The van der Waals surface area contributed by atoms with E-state index >= 15 is 0 Å². The quantitative estimate of drug-likeness (QED) is 0.668. The number of likely N-dealkylation sites (tertiary alicyclic amines) is 1. The van der Waals surface area contributed by atoms with Gasteiger partial charge in [0.1, 0.15) is 5.54 Å². The summed E-state index contributed by atoms with van der Waals surface area (Å²) in [6, 6.07) is 9.97. The first-order chi connectivity index (χ1) is 14.8. The van der Waals surface area contributed by atoms with Crippen LogP contribution in [0, 0.1) is 5.92 Å². The van der Waals surface area contributed by atoms with E-state index in [4.69, 9.17) is 0 Å². The van der Waals surface area contributed by atoms with Crippen molar-refractivity contribution in [3.05, 3.63) is 35.9 Å². The number of sulfonamides is 1. The zero-order valence-electron chi connectivity index (χ0n) is 18.1.